The molecule has 5 heteroatoms. The molecule has 0 saturated heterocycles. The highest BCUT2D eigenvalue weighted by Crippen LogP contribution is 2.31. The van der Waals surface area contributed by atoms with Gasteiger partial charge in [-0.15, -0.1) is 0 Å². The van der Waals surface area contributed by atoms with Gasteiger partial charge in [-0.2, -0.15) is 0 Å². The molecule has 4 nitrogen and oxygen atoms in total. The third-order valence-corrected chi connectivity index (χ3v) is 3.14. The molecule has 0 aromatic heterocycles. The van der Waals surface area contributed by atoms with Crippen molar-refractivity contribution in [3.8, 4) is 0 Å². The van der Waals surface area contributed by atoms with Crippen LogP contribution in [0.15, 0.2) is 24.3 Å². The molecule has 0 saturated carbocycles. The summed E-state index contributed by atoms with van der Waals surface area (Å²) >= 11 is 0. The second-order valence-corrected chi connectivity index (χ2v) is 4.46. The highest BCUT2D eigenvalue weighted by molar-refractivity contribution is 5.81. The van der Waals surface area contributed by atoms with Crippen LogP contribution in [0.2, 0.25) is 0 Å². The van der Waals surface area contributed by atoms with Gasteiger partial charge in [-0.05, 0) is 25.8 Å². The van der Waals surface area contributed by atoms with E-state index in [-0.39, 0.29) is 24.9 Å². The Hall–Kier alpha value is -1.46. The number of aliphatic hydroxyl groups is 1. The van der Waals surface area contributed by atoms with E-state index < -0.39 is 23.3 Å². The Bertz CT molecular complexity index is 422. The quantitative estimate of drug-likeness (QED) is 0.714. The molecule has 18 heavy (non-hydrogen) atoms. The normalized spacial score (nSPS) is 16.0. The summed E-state index contributed by atoms with van der Waals surface area (Å²) in [5, 5.41) is 18.7. The summed E-state index contributed by atoms with van der Waals surface area (Å²) in [7, 11) is 0. The Morgan fingerprint density at radius 2 is 2.11 bits per heavy atom. The van der Waals surface area contributed by atoms with Crippen LogP contribution in [0.5, 0.6) is 0 Å². The van der Waals surface area contributed by atoms with Crippen molar-refractivity contribution in [3.63, 3.8) is 0 Å². The van der Waals surface area contributed by atoms with Crippen molar-refractivity contribution in [3.05, 3.63) is 35.6 Å². The van der Waals surface area contributed by atoms with Crippen molar-refractivity contribution in [1.29, 1.82) is 0 Å². The fourth-order valence-corrected chi connectivity index (χ4v) is 1.96. The van der Waals surface area contributed by atoms with E-state index in [1.54, 1.807) is 13.0 Å². The molecule has 0 amide bonds. The highest BCUT2D eigenvalue weighted by atomic mass is 19.1. The average molecular weight is 255 g/mol. The van der Waals surface area contributed by atoms with Crippen LogP contribution in [0.1, 0.15) is 25.3 Å². The minimum absolute atomic E-state index is 0.0700. The van der Waals surface area contributed by atoms with Crippen LogP contribution in [0.25, 0.3) is 0 Å². The Morgan fingerprint density at radius 1 is 1.50 bits per heavy atom. The predicted molar refractivity (Wildman–Crippen MR) is 65.7 cm³/mol. The van der Waals surface area contributed by atoms with E-state index in [0.717, 1.165) is 0 Å². The number of carbonyl (C=O) groups is 1. The summed E-state index contributed by atoms with van der Waals surface area (Å²) < 4.78 is 13.8. The van der Waals surface area contributed by atoms with Gasteiger partial charge in [-0.1, -0.05) is 18.2 Å². The van der Waals surface area contributed by atoms with Crippen LogP contribution in [0, 0.1) is 5.82 Å². The van der Waals surface area contributed by atoms with Gasteiger partial charge in [0.1, 0.15) is 11.2 Å². The summed E-state index contributed by atoms with van der Waals surface area (Å²) in [6, 6.07) is 5.72. The Balaban J connectivity index is 3.19. The summed E-state index contributed by atoms with van der Waals surface area (Å²) in [5.74, 6) is -1.76. The number of halogens is 1. The molecule has 1 rings (SSSR count). The van der Waals surface area contributed by atoms with Crippen molar-refractivity contribution in [2.75, 3.05) is 6.54 Å². The van der Waals surface area contributed by atoms with Crippen LogP contribution in [-0.4, -0.2) is 28.8 Å². The zero-order valence-corrected chi connectivity index (χ0v) is 10.3. The maximum Gasteiger partial charge on any atom is 0.315 e. The number of carboxylic acid groups (broad SMARTS) is 1. The van der Waals surface area contributed by atoms with Crippen molar-refractivity contribution in [2.45, 2.75) is 31.3 Å². The van der Waals surface area contributed by atoms with Crippen LogP contribution >= 0.6 is 0 Å². The van der Waals surface area contributed by atoms with Crippen molar-refractivity contribution >= 4 is 5.97 Å². The molecule has 0 aliphatic heterocycles. The number of hydrogen-bond acceptors (Lipinski definition) is 3. The smallest absolute Gasteiger partial charge is 0.315 e. The molecule has 2 unspecified atom stereocenters. The number of aliphatic hydroxyl groups excluding tert-OH is 1. The number of benzene rings is 1. The summed E-state index contributed by atoms with van der Waals surface area (Å²) in [5.41, 5.74) is 4.15. The lowest BCUT2D eigenvalue weighted by atomic mass is 9.76. The Morgan fingerprint density at radius 3 is 2.56 bits per heavy atom. The first kappa shape index (κ1) is 14.6. The van der Waals surface area contributed by atoms with Crippen LogP contribution in [0.3, 0.4) is 0 Å². The van der Waals surface area contributed by atoms with Crippen molar-refractivity contribution in [1.82, 2.24) is 0 Å². The fourth-order valence-electron chi connectivity index (χ4n) is 1.96. The van der Waals surface area contributed by atoms with Gasteiger partial charge in [0.2, 0.25) is 0 Å². The number of rotatable bonds is 6. The summed E-state index contributed by atoms with van der Waals surface area (Å²) in [6.45, 7) is 1.35. The van der Waals surface area contributed by atoms with Gasteiger partial charge in [0, 0.05) is 12.1 Å². The number of nitrogens with two attached hydrogens (primary N) is 1. The van der Waals surface area contributed by atoms with Crippen LogP contribution in [0.4, 0.5) is 4.39 Å². The lowest BCUT2D eigenvalue weighted by molar-refractivity contribution is -0.144. The number of aliphatic carboxylic acids is 1. The number of hydrogen-bond donors (Lipinski definition) is 3. The molecule has 4 N–H and O–H groups in total. The molecule has 100 valence electrons. The molecule has 0 heterocycles. The highest BCUT2D eigenvalue weighted by Gasteiger charge is 2.40. The molecule has 0 spiro atoms. The summed E-state index contributed by atoms with van der Waals surface area (Å²) in [6.07, 6.45) is -0.308. The van der Waals surface area contributed by atoms with Gasteiger partial charge in [-0.25, -0.2) is 4.39 Å². The summed E-state index contributed by atoms with van der Waals surface area (Å²) in [4.78, 5) is 11.5. The standard InChI is InChI=1S/C13H18FNO3/c1-9(16)6-7-13(8-15,12(17)18)10-4-2-3-5-11(10)14/h2-5,9,16H,6-8,15H2,1H3,(H,17,18). The van der Waals surface area contributed by atoms with Crippen LogP contribution in [-0.2, 0) is 10.2 Å². The Kier molecular flexibility index (Phi) is 4.81. The maximum absolute atomic E-state index is 13.8. The third-order valence-electron chi connectivity index (χ3n) is 3.14. The molecule has 1 aromatic carbocycles. The second kappa shape index (κ2) is 5.93. The van der Waals surface area contributed by atoms with E-state index in [4.69, 9.17) is 5.73 Å². The second-order valence-electron chi connectivity index (χ2n) is 4.46. The zero-order chi connectivity index (χ0) is 13.8. The van der Waals surface area contributed by atoms with E-state index >= 15 is 0 Å². The van der Waals surface area contributed by atoms with E-state index in [9.17, 15) is 19.4 Å². The molecule has 0 bridgehead atoms. The molecule has 0 radical (unpaired) electrons. The topological polar surface area (TPSA) is 83.5 Å². The molecular weight excluding hydrogens is 237 g/mol. The van der Waals surface area contributed by atoms with E-state index in [2.05, 4.69) is 0 Å². The van der Waals surface area contributed by atoms with Gasteiger partial charge >= 0.3 is 5.97 Å². The monoisotopic (exact) mass is 255 g/mol. The van der Waals surface area contributed by atoms with E-state index in [1.165, 1.54) is 18.2 Å². The van der Waals surface area contributed by atoms with Crippen molar-refractivity contribution < 1.29 is 19.4 Å². The minimum atomic E-state index is -1.48. The van der Waals surface area contributed by atoms with Gasteiger partial charge in [-0.3, -0.25) is 4.79 Å². The van der Waals surface area contributed by atoms with Gasteiger partial charge in [0.15, 0.2) is 0 Å². The first-order valence-corrected chi connectivity index (χ1v) is 5.80. The van der Waals surface area contributed by atoms with E-state index in [0.29, 0.717) is 0 Å². The number of carboxylic acids is 1. The SMILES string of the molecule is CC(O)CCC(CN)(C(=O)O)c1ccccc1F. The average Bonchev–Trinajstić information content (AvgIpc) is 2.31. The molecule has 2 atom stereocenters. The zero-order valence-electron chi connectivity index (χ0n) is 10.3. The van der Waals surface area contributed by atoms with Gasteiger partial charge in [0.25, 0.3) is 0 Å². The lowest BCUT2D eigenvalue weighted by Gasteiger charge is -2.29. The molecule has 0 aliphatic rings. The van der Waals surface area contributed by atoms with Gasteiger partial charge in [0.05, 0.1) is 6.10 Å². The molecular formula is C13H18FNO3. The first-order chi connectivity index (χ1) is 8.44. The van der Waals surface area contributed by atoms with Gasteiger partial charge < -0.3 is 15.9 Å². The molecule has 0 aliphatic carbocycles. The first-order valence-electron chi connectivity index (χ1n) is 5.80. The molecule has 1 aromatic rings. The predicted octanol–water partition coefficient (Wildman–Crippen LogP) is 1.27. The van der Waals surface area contributed by atoms with Crippen molar-refractivity contribution in [2.24, 2.45) is 5.73 Å². The van der Waals surface area contributed by atoms with Crippen LogP contribution < -0.4 is 5.73 Å². The third kappa shape index (κ3) is 2.86. The minimum Gasteiger partial charge on any atom is -0.481 e. The maximum atomic E-state index is 13.8. The fraction of sp³-hybridized carbons (Fsp3) is 0.462. The largest absolute Gasteiger partial charge is 0.481 e. The Labute approximate surface area is 105 Å². The van der Waals surface area contributed by atoms with E-state index in [1.807, 2.05) is 0 Å². The molecule has 0 fully saturated rings. The lowest BCUT2D eigenvalue weighted by Crippen LogP contribution is -2.44.